The summed E-state index contributed by atoms with van der Waals surface area (Å²) in [5.74, 6) is 0.00763. The Kier molecular flexibility index (Phi) is 7.07. The number of alkyl halides is 3. The largest absolute Gasteiger partial charge is 0.418 e. The van der Waals surface area contributed by atoms with Gasteiger partial charge in [0.1, 0.15) is 24.1 Å². The van der Waals surface area contributed by atoms with Crippen molar-refractivity contribution >= 4 is 11.6 Å². The molecule has 0 spiro atoms. The minimum atomic E-state index is -4.73. The Morgan fingerprint density at radius 2 is 1.92 bits per heavy atom. The molecule has 6 atom stereocenters. The smallest absolute Gasteiger partial charge is 0.389 e. The molecule has 0 aliphatic carbocycles. The molecule has 0 bridgehead atoms. The maximum atomic E-state index is 14.1. The van der Waals surface area contributed by atoms with E-state index >= 15 is 0 Å². The van der Waals surface area contributed by atoms with Crippen molar-refractivity contribution in [2.45, 2.75) is 56.8 Å². The van der Waals surface area contributed by atoms with Crippen molar-refractivity contribution < 1.29 is 32.5 Å². The second kappa shape index (κ2) is 10.2. The zero-order chi connectivity index (χ0) is 27.2. The molecule has 1 N–H and O–H groups in total. The summed E-state index contributed by atoms with van der Waals surface area (Å²) in [7, 11) is 0. The number of hydrogen-bond donors (Lipinski definition) is 1. The molecule has 3 aromatic rings. The highest BCUT2D eigenvalue weighted by Gasteiger charge is 2.51. The van der Waals surface area contributed by atoms with E-state index in [1.165, 1.54) is 19.9 Å². The first-order chi connectivity index (χ1) is 18.1. The molecule has 2 aliphatic rings. The molecule has 0 radical (unpaired) electrons. The molecule has 0 amide bonds. The van der Waals surface area contributed by atoms with Gasteiger partial charge in [0, 0.05) is 15.5 Å². The van der Waals surface area contributed by atoms with E-state index in [0.29, 0.717) is 5.56 Å². The zero-order valence-corrected chi connectivity index (χ0v) is 20.8. The molecule has 14 heteroatoms. The Balaban J connectivity index is 1.55. The number of aromatic nitrogens is 3. The number of hydrogen-bond acceptors (Lipinski definition) is 7. The van der Waals surface area contributed by atoms with Gasteiger partial charge in [0.25, 0.3) is 0 Å². The Labute approximate surface area is 219 Å². The molecule has 2 aliphatic heterocycles. The summed E-state index contributed by atoms with van der Waals surface area (Å²) in [5.41, 5.74) is 8.50. The second-order valence-electron chi connectivity index (χ2n) is 9.00. The summed E-state index contributed by atoms with van der Waals surface area (Å²) < 4.78 is 61.1. The van der Waals surface area contributed by atoms with Crippen LogP contribution in [0.2, 0.25) is 5.02 Å². The standard InChI is InChI=1S/C24H22ClF3N6O4/c1-11-8-14(25)9-15(17(11)24(26,27)28)34-22(30-12(2)32-34)21-19(35)18(31-33-29)20-16(37-21)10-36-23(38-20)13-6-4-3-5-7-13/h3-9,16,18-21,23,35H,10H2,1-2H3/t16?,18?,19?,20-,21+,23?/m0/s1. The lowest BCUT2D eigenvalue weighted by atomic mass is 9.91. The van der Waals surface area contributed by atoms with Crippen LogP contribution in [0, 0.1) is 13.8 Å². The third-order valence-corrected chi connectivity index (χ3v) is 6.64. The number of nitrogens with zero attached hydrogens (tertiary/aromatic N) is 6. The van der Waals surface area contributed by atoms with Crippen LogP contribution in [-0.4, -0.2) is 50.8 Å². The van der Waals surface area contributed by atoms with Crippen molar-refractivity contribution in [3.8, 4) is 5.69 Å². The molecule has 38 heavy (non-hydrogen) atoms. The van der Waals surface area contributed by atoms with Crippen LogP contribution >= 0.6 is 11.6 Å². The lowest BCUT2D eigenvalue weighted by Gasteiger charge is -2.46. The van der Waals surface area contributed by atoms with Crippen LogP contribution in [0.15, 0.2) is 47.6 Å². The Hall–Kier alpha value is -3.19. The highest BCUT2D eigenvalue weighted by Crippen LogP contribution is 2.42. The highest BCUT2D eigenvalue weighted by molar-refractivity contribution is 6.30. The summed E-state index contributed by atoms with van der Waals surface area (Å²) >= 11 is 6.12. The number of aliphatic hydroxyl groups is 1. The van der Waals surface area contributed by atoms with Gasteiger partial charge in [0.05, 0.1) is 30.0 Å². The van der Waals surface area contributed by atoms with E-state index in [9.17, 15) is 23.8 Å². The first-order valence-electron chi connectivity index (χ1n) is 11.6. The van der Waals surface area contributed by atoms with E-state index in [4.69, 9.17) is 25.8 Å². The zero-order valence-electron chi connectivity index (χ0n) is 20.1. The summed E-state index contributed by atoms with van der Waals surface area (Å²) in [4.78, 5) is 7.14. The van der Waals surface area contributed by atoms with Crippen LogP contribution in [0.4, 0.5) is 13.2 Å². The number of ether oxygens (including phenoxy) is 3. The molecule has 10 nitrogen and oxygen atoms in total. The van der Waals surface area contributed by atoms with Gasteiger partial charge in [0.2, 0.25) is 0 Å². The fourth-order valence-electron chi connectivity index (χ4n) is 4.85. The molecular formula is C24H22ClF3N6O4. The third kappa shape index (κ3) is 4.84. The normalized spacial score (nSPS) is 27.4. The number of benzene rings is 2. The van der Waals surface area contributed by atoms with Gasteiger partial charge >= 0.3 is 6.18 Å². The van der Waals surface area contributed by atoms with E-state index in [1.807, 2.05) is 18.2 Å². The maximum absolute atomic E-state index is 14.1. The van der Waals surface area contributed by atoms with Gasteiger partial charge in [-0.3, -0.25) is 0 Å². The van der Waals surface area contributed by atoms with E-state index < -0.39 is 48.5 Å². The van der Waals surface area contributed by atoms with Crippen LogP contribution < -0.4 is 0 Å². The van der Waals surface area contributed by atoms with Gasteiger partial charge in [-0.15, -0.1) is 0 Å². The average molecular weight is 551 g/mol. The van der Waals surface area contributed by atoms with Crippen LogP contribution in [0.3, 0.4) is 0 Å². The average Bonchev–Trinajstić information content (AvgIpc) is 3.25. The topological polar surface area (TPSA) is 127 Å². The van der Waals surface area contributed by atoms with Gasteiger partial charge in [-0.1, -0.05) is 47.0 Å². The second-order valence-corrected chi connectivity index (χ2v) is 9.44. The Bertz CT molecular complexity index is 1380. The third-order valence-electron chi connectivity index (χ3n) is 6.42. The van der Waals surface area contributed by atoms with Crippen LogP contribution in [0.1, 0.15) is 40.7 Å². The monoisotopic (exact) mass is 550 g/mol. The Morgan fingerprint density at radius 3 is 2.61 bits per heavy atom. The summed E-state index contributed by atoms with van der Waals surface area (Å²) in [6, 6.07) is 10.2. The first kappa shape index (κ1) is 26.4. The van der Waals surface area contributed by atoms with Gasteiger partial charge in [-0.2, -0.15) is 18.3 Å². The number of rotatable bonds is 4. The lowest BCUT2D eigenvalue weighted by Crippen LogP contribution is -2.58. The van der Waals surface area contributed by atoms with Crippen molar-refractivity contribution in [2.75, 3.05) is 6.61 Å². The molecule has 2 saturated heterocycles. The van der Waals surface area contributed by atoms with E-state index in [1.54, 1.807) is 12.1 Å². The fourth-order valence-corrected chi connectivity index (χ4v) is 5.12. The predicted molar refractivity (Wildman–Crippen MR) is 127 cm³/mol. The minimum absolute atomic E-state index is 0.00207. The van der Waals surface area contributed by atoms with Crippen molar-refractivity contribution in [3.05, 3.63) is 86.3 Å². The minimum Gasteiger partial charge on any atom is -0.389 e. The van der Waals surface area contributed by atoms with Crippen molar-refractivity contribution in [1.82, 2.24) is 14.8 Å². The summed E-state index contributed by atoms with van der Waals surface area (Å²) in [5, 5.41) is 19.3. The summed E-state index contributed by atoms with van der Waals surface area (Å²) in [6.07, 6.45) is -10.1. The molecular weight excluding hydrogens is 529 g/mol. The van der Waals surface area contributed by atoms with Crippen molar-refractivity contribution in [2.24, 2.45) is 5.11 Å². The molecule has 2 fully saturated rings. The SMILES string of the molecule is Cc1nc([C@@H]2OC3COC(c4ccccc4)O[C@@H]3C(N=[N+]=[N-])C2O)n(-c2cc(Cl)cc(C)c2C(F)(F)F)n1. The van der Waals surface area contributed by atoms with Crippen LogP contribution in [0.5, 0.6) is 0 Å². The molecule has 2 aromatic carbocycles. The van der Waals surface area contributed by atoms with E-state index in [-0.39, 0.29) is 34.5 Å². The molecule has 4 unspecified atom stereocenters. The van der Waals surface area contributed by atoms with E-state index in [2.05, 4.69) is 20.1 Å². The quantitative estimate of drug-likeness (QED) is 0.272. The molecule has 0 saturated carbocycles. The number of aryl methyl sites for hydroxylation is 2. The molecule has 5 rings (SSSR count). The molecule has 1 aromatic heterocycles. The van der Waals surface area contributed by atoms with Gasteiger partial charge in [-0.05, 0) is 37.1 Å². The lowest BCUT2D eigenvalue weighted by molar-refractivity contribution is -0.309. The van der Waals surface area contributed by atoms with Crippen LogP contribution in [0.25, 0.3) is 16.1 Å². The van der Waals surface area contributed by atoms with Gasteiger partial charge < -0.3 is 19.3 Å². The first-order valence-corrected chi connectivity index (χ1v) is 12.0. The van der Waals surface area contributed by atoms with Gasteiger partial charge in [-0.25, -0.2) is 9.67 Å². The maximum Gasteiger partial charge on any atom is 0.418 e. The molecule has 200 valence electrons. The summed E-state index contributed by atoms with van der Waals surface area (Å²) in [6.45, 7) is 2.78. The van der Waals surface area contributed by atoms with Crippen molar-refractivity contribution in [1.29, 1.82) is 0 Å². The number of aliphatic hydroxyl groups excluding tert-OH is 1. The predicted octanol–water partition coefficient (Wildman–Crippen LogP) is 5.15. The fraction of sp³-hybridized carbons (Fsp3) is 0.417. The highest BCUT2D eigenvalue weighted by atomic mass is 35.5. The van der Waals surface area contributed by atoms with Crippen molar-refractivity contribution in [3.63, 3.8) is 0 Å². The number of azide groups is 1. The number of halogens is 4. The van der Waals surface area contributed by atoms with Crippen LogP contribution in [-0.2, 0) is 20.4 Å². The van der Waals surface area contributed by atoms with E-state index in [0.717, 1.165) is 10.7 Å². The molecule has 3 heterocycles. The Morgan fingerprint density at radius 1 is 1.18 bits per heavy atom. The van der Waals surface area contributed by atoms with Gasteiger partial charge in [0.15, 0.2) is 12.1 Å². The number of fused-ring (bicyclic) bond motifs is 1.